The largest absolute Gasteiger partial charge is 0.368 e. The molecule has 2 rings (SSSR count). The van der Waals surface area contributed by atoms with Crippen molar-refractivity contribution in [3.63, 3.8) is 0 Å². The van der Waals surface area contributed by atoms with Gasteiger partial charge in [-0.2, -0.15) is 0 Å². The highest BCUT2D eigenvalue weighted by atomic mass is 35.5. The first-order chi connectivity index (χ1) is 10.1. The normalized spacial score (nSPS) is 12.2. The number of anilines is 1. The van der Waals surface area contributed by atoms with Gasteiger partial charge in [0.2, 0.25) is 0 Å². The summed E-state index contributed by atoms with van der Waals surface area (Å²) >= 11 is 6.30. The van der Waals surface area contributed by atoms with E-state index in [0.717, 1.165) is 35.1 Å². The third-order valence-electron chi connectivity index (χ3n) is 3.70. The van der Waals surface area contributed by atoms with Gasteiger partial charge in [-0.15, -0.1) is 0 Å². The zero-order chi connectivity index (χ0) is 15.2. The average molecular weight is 304 g/mol. The monoisotopic (exact) mass is 303 g/mol. The maximum Gasteiger partial charge on any atom is 0.0562 e. The molecule has 0 saturated heterocycles. The van der Waals surface area contributed by atoms with E-state index in [4.69, 9.17) is 11.6 Å². The summed E-state index contributed by atoms with van der Waals surface area (Å²) in [6, 6.07) is 12.3. The van der Waals surface area contributed by atoms with Crippen LogP contribution in [0.5, 0.6) is 0 Å². The van der Waals surface area contributed by atoms with Gasteiger partial charge in [-0.3, -0.25) is 4.98 Å². The van der Waals surface area contributed by atoms with Crippen LogP contribution in [0.4, 0.5) is 5.69 Å². The molecule has 1 unspecified atom stereocenters. The number of rotatable bonds is 6. The Kier molecular flexibility index (Phi) is 5.59. The Morgan fingerprint density at radius 3 is 2.76 bits per heavy atom. The molecule has 112 valence electrons. The van der Waals surface area contributed by atoms with E-state index in [1.165, 1.54) is 0 Å². The van der Waals surface area contributed by atoms with Gasteiger partial charge in [0.05, 0.1) is 11.7 Å². The topological polar surface area (TPSA) is 28.2 Å². The van der Waals surface area contributed by atoms with Gasteiger partial charge in [0.15, 0.2) is 0 Å². The van der Waals surface area contributed by atoms with Crippen molar-refractivity contribution in [3.05, 3.63) is 58.9 Å². The van der Waals surface area contributed by atoms with Crippen molar-refractivity contribution in [2.45, 2.75) is 26.4 Å². The number of nitrogens with zero attached hydrogens (tertiary/aromatic N) is 2. The predicted molar refractivity (Wildman–Crippen MR) is 89.9 cm³/mol. The first-order valence-corrected chi connectivity index (χ1v) is 7.64. The quantitative estimate of drug-likeness (QED) is 0.873. The van der Waals surface area contributed by atoms with E-state index in [0.29, 0.717) is 0 Å². The van der Waals surface area contributed by atoms with Crippen LogP contribution in [0.1, 0.15) is 31.1 Å². The summed E-state index contributed by atoms with van der Waals surface area (Å²) in [5.74, 6) is 0. The number of nitrogens with one attached hydrogen (secondary N) is 1. The van der Waals surface area contributed by atoms with Crippen molar-refractivity contribution in [2.75, 3.05) is 18.5 Å². The fourth-order valence-electron chi connectivity index (χ4n) is 2.28. The molecular weight excluding hydrogens is 282 g/mol. The van der Waals surface area contributed by atoms with Crippen molar-refractivity contribution < 1.29 is 0 Å². The van der Waals surface area contributed by atoms with Crippen LogP contribution in [0.3, 0.4) is 0 Å². The van der Waals surface area contributed by atoms with Crippen molar-refractivity contribution in [1.82, 2.24) is 10.3 Å². The Labute approximate surface area is 132 Å². The molecule has 0 bridgehead atoms. The fraction of sp³-hybridized carbons (Fsp3) is 0.353. The molecule has 1 aromatic carbocycles. The van der Waals surface area contributed by atoms with Crippen molar-refractivity contribution >= 4 is 17.3 Å². The Morgan fingerprint density at radius 2 is 2.05 bits per heavy atom. The third kappa shape index (κ3) is 3.96. The minimum atomic E-state index is 0.202. The van der Waals surface area contributed by atoms with E-state index in [2.05, 4.69) is 48.2 Å². The number of halogens is 1. The van der Waals surface area contributed by atoms with Gasteiger partial charge >= 0.3 is 0 Å². The van der Waals surface area contributed by atoms with Crippen molar-refractivity contribution in [2.24, 2.45) is 0 Å². The summed E-state index contributed by atoms with van der Waals surface area (Å²) in [5.41, 5.74) is 3.32. The van der Waals surface area contributed by atoms with Gasteiger partial charge in [0.25, 0.3) is 0 Å². The van der Waals surface area contributed by atoms with Crippen molar-refractivity contribution in [3.8, 4) is 0 Å². The van der Waals surface area contributed by atoms with Crippen LogP contribution in [0.15, 0.2) is 42.6 Å². The Bertz CT molecular complexity index is 586. The zero-order valence-corrected chi connectivity index (χ0v) is 13.6. The molecule has 0 radical (unpaired) electrons. The van der Waals surface area contributed by atoms with Crippen LogP contribution < -0.4 is 10.2 Å². The molecule has 1 N–H and O–H groups in total. The number of pyridine rings is 1. The summed E-state index contributed by atoms with van der Waals surface area (Å²) in [4.78, 5) is 6.61. The molecular formula is C17H22ClN3. The van der Waals surface area contributed by atoms with Crippen LogP contribution in [0.2, 0.25) is 5.02 Å². The molecule has 1 heterocycles. The summed E-state index contributed by atoms with van der Waals surface area (Å²) < 4.78 is 0. The minimum Gasteiger partial charge on any atom is -0.368 e. The number of benzene rings is 1. The molecule has 0 spiro atoms. The molecule has 0 amide bonds. The first kappa shape index (κ1) is 15.8. The first-order valence-electron chi connectivity index (χ1n) is 7.26. The highest BCUT2D eigenvalue weighted by Gasteiger charge is 2.15. The molecule has 0 fully saturated rings. The van der Waals surface area contributed by atoms with E-state index in [-0.39, 0.29) is 6.04 Å². The lowest BCUT2D eigenvalue weighted by molar-refractivity contribution is 0.705. The maximum atomic E-state index is 6.30. The second-order valence-corrected chi connectivity index (χ2v) is 5.50. The highest BCUT2D eigenvalue weighted by molar-refractivity contribution is 6.31. The standard InChI is InChI=1S/C17H22ClN3/c1-4-19-12-14-11-15(9-10-20-14)21(3)13(2)16-7-5-6-8-17(16)18/h5-11,13,19H,4,12H2,1-3H3. The minimum absolute atomic E-state index is 0.202. The van der Waals surface area contributed by atoms with Crippen molar-refractivity contribution in [1.29, 1.82) is 0 Å². The van der Waals surface area contributed by atoms with Gasteiger partial charge in [0.1, 0.15) is 0 Å². The maximum absolute atomic E-state index is 6.30. The fourth-order valence-corrected chi connectivity index (χ4v) is 2.57. The molecule has 0 aliphatic rings. The van der Waals surface area contributed by atoms with Gasteiger partial charge in [0, 0.05) is 30.5 Å². The van der Waals surface area contributed by atoms with Crippen LogP contribution in [-0.4, -0.2) is 18.6 Å². The molecule has 4 heteroatoms. The lowest BCUT2D eigenvalue weighted by atomic mass is 10.1. The van der Waals surface area contributed by atoms with E-state index >= 15 is 0 Å². The Balaban J connectivity index is 2.19. The lowest BCUT2D eigenvalue weighted by Crippen LogP contribution is -2.22. The Hall–Kier alpha value is -1.58. The molecule has 0 saturated carbocycles. The van der Waals surface area contributed by atoms with Crippen LogP contribution in [0, 0.1) is 0 Å². The van der Waals surface area contributed by atoms with E-state index in [1.807, 2.05) is 30.5 Å². The molecule has 2 aromatic rings. The van der Waals surface area contributed by atoms with Crippen LogP contribution >= 0.6 is 11.6 Å². The number of hydrogen-bond donors (Lipinski definition) is 1. The number of aromatic nitrogens is 1. The van der Waals surface area contributed by atoms with E-state index in [1.54, 1.807) is 0 Å². The molecule has 0 aliphatic heterocycles. The van der Waals surface area contributed by atoms with Gasteiger partial charge in [-0.25, -0.2) is 0 Å². The summed E-state index contributed by atoms with van der Waals surface area (Å²) in [5, 5.41) is 4.10. The van der Waals surface area contributed by atoms with E-state index < -0.39 is 0 Å². The van der Waals surface area contributed by atoms with Gasteiger partial charge in [-0.1, -0.05) is 36.7 Å². The van der Waals surface area contributed by atoms with Crippen LogP contribution in [0.25, 0.3) is 0 Å². The molecule has 1 aromatic heterocycles. The molecule has 1 atom stereocenters. The summed E-state index contributed by atoms with van der Waals surface area (Å²) in [7, 11) is 2.08. The predicted octanol–water partition coefficient (Wildman–Crippen LogP) is 4.04. The van der Waals surface area contributed by atoms with Crippen LogP contribution in [-0.2, 0) is 6.54 Å². The smallest absolute Gasteiger partial charge is 0.0562 e. The summed E-state index contributed by atoms with van der Waals surface area (Å²) in [6.45, 7) is 5.98. The SMILES string of the molecule is CCNCc1cc(N(C)C(C)c2ccccc2Cl)ccn1. The number of hydrogen-bond acceptors (Lipinski definition) is 3. The Morgan fingerprint density at radius 1 is 1.29 bits per heavy atom. The second kappa shape index (κ2) is 7.43. The second-order valence-electron chi connectivity index (χ2n) is 5.09. The van der Waals surface area contributed by atoms with Gasteiger partial charge < -0.3 is 10.2 Å². The summed E-state index contributed by atoms with van der Waals surface area (Å²) in [6.07, 6.45) is 1.86. The zero-order valence-electron chi connectivity index (χ0n) is 12.8. The molecule has 3 nitrogen and oxygen atoms in total. The lowest BCUT2D eigenvalue weighted by Gasteiger charge is -2.28. The van der Waals surface area contributed by atoms with E-state index in [9.17, 15) is 0 Å². The molecule has 21 heavy (non-hydrogen) atoms. The van der Waals surface area contributed by atoms with Gasteiger partial charge in [-0.05, 0) is 37.2 Å². The highest BCUT2D eigenvalue weighted by Crippen LogP contribution is 2.29. The third-order valence-corrected chi connectivity index (χ3v) is 4.04. The molecule has 0 aliphatic carbocycles. The average Bonchev–Trinajstić information content (AvgIpc) is 2.52.